The van der Waals surface area contributed by atoms with Gasteiger partial charge in [0.15, 0.2) is 5.96 Å². The summed E-state index contributed by atoms with van der Waals surface area (Å²) >= 11 is 1.34. The van der Waals surface area contributed by atoms with Gasteiger partial charge in [0, 0.05) is 29.8 Å². The van der Waals surface area contributed by atoms with E-state index in [0.717, 1.165) is 21.2 Å². The van der Waals surface area contributed by atoms with Gasteiger partial charge in [-0.25, -0.2) is 0 Å². The number of hydrogen-bond donors (Lipinski definition) is 7. The predicted molar refractivity (Wildman–Crippen MR) is 181 cm³/mol. The highest BCUT2D eigenvalue weighted by molar-refractivity contribution is 7.20. The first-order valence-corrected chi connectivity index (χ1v) is 16.1. The van der Waals surface area contributed by atoms with Gasteiger partial charge >= 0.3 is 5.97 Å². The lowest BCUT2D eigenvalue weighted by Gasteiger charge is -2.19. The fourth-order valence-electron chi connectivity index (χ4n) is 5.14. The van der Waals surface area contributed by atoms with Gasteiger partial charge in [-0.15, -0.1) is 11.3 Å². The lowest BCUT2D eigenvalue weighted by molar-refractivity contribution is -0.138. The van der Waals surface area contributed by atoms with E-state index in [0.29, 0.717) is 49.1 Å². The van der Waals surface area contributed by atoms with Gasteiger partial charge in [-0.3, -0.25) is 29.0 Å². The van der Waals surface area contributed by atoms with Crippen LogP contribution in [0.1, 0.15) is 52.9 Å². The van der Waals surface area contributed by atoms with Gasteiger partial charge in [-0.2, -0.15) is 0 Å². The van der Waals surface area contributed by atoms with E-state index >= 15 is 0 Å². The number of nitrogens with two attached hydrogens (primary N) is 2. The smallest absolute Gasteiger partial charge is 0.322 e. The molecule has 9 N–H and O–H groups in total. The number of carbonyl (C=O) groups is 5. The Morgan fingerprint density at radius 3 is 2.26 bits per heavy atom. The van der Waals surface area contributed by atoms with E-state index in [1.807, 2.05) is 48.5 Å². The second-order valence-corrected chi connectivity index (χ2v) is 12.2. The number of carboxylic acid groups (broad SMARTS) is 1. The number of benzene rings is 2. The minimum Gasteiger partial charge on any atom is -0.480 e. The van der Waals surface area contributed by atoms with Crippen LogP contribution in [-0.4, -0.2) is 72.4 Å². The monoisotopic (exact) mass is 661 g/mol. The molecule has 0 spiro atoms. The van der Waals surface area contributed by atoms with Crippen molar-refractivity contribution < 1.29 is 29.1 Å². The second kappa shape index (κ2) is 16.9. The fraction of sp³-hybridized carbons (Fsp3) is 0.333. The normalized spacial score (nSPS) is 13.1. The first-order chi connectivity index (χ1) is 22.6. The molecule has 0 fully saturated rings. The largest absolute Gasteiger partial charge is 0.480 e. The van der Waals surface area contributed by atoms with Crippen molar-refractivity contribution in [3.63, 3.8) is 0 Å². The van der Waals surface area contributed by atoms with Gasteiger partial charge in [0.25, 0.3) is 5.91 Å². The van der Waals surface area contributed by atoms with Crippen LogP contribution in [0.2, 0.25) is 0 Å². The van der Waals surface area contributed by atoms with E-state index < -0.39 is 36.4 Å². The number of carbonyl (C=O) groups excluding carboxylic acids is 4. The van der Waals surface area contributed by atoms with Gasteiger partial charge in [-0.1, -0.05) is 42.5 Å². The minimum atomic E-state index is -1.20. The molecule has 2 unspecified atom stereocenters. The van der Waals surface area contributed by atoms with Crippen molar-refractivity contribution in [1.29, 1.82) is 0 Å². The summed E-state index contributed by atoms with van der Waals surface area (Å²) in [5.41, 5.74) is 13.3. The molecule has 0 saturated heterocycles. The summed E-state index contributed by atoms with van der Waals surface area (Å²) in [7, 11) is 0. The number of amides is 4. The average Bonchev–Trinajstić information content (AvgIpc) is 3.69. The van der Waals surface area contributed by atoms with Crippen LogP contribution in [0, 0.1) is 0 Å². The zero-order valence-electron chi connectivity index (χ0n) is 25.8. The second-order valence-electron chi connectivity index (χ2n) is 11.1. The Labute approximate surface area is 275 Å². The van der Waals surface area contributed by atoms with E-state index in [9.17, 15) is 24.0 Å². The molecule has 2 atom stereocenters. The maximum absolute atomic E-state index is 13.2. The molecular weight excluding hydrogens is 622 g/mol. The summed E-state index contributed by atoms with van der Waals surface area (Å²) in [4.78, 5) is 67.5. The Morgan fingerprint density at radius 1 is 0.851 bits per heavy atom. The van der Waals surface area contributed by atoms with Crippen molar-refractivity contribution in [2.45, 2.75) is 50.6 Å². The summed E-state index contributed by atoms with van der Waals surface area (Å²) in [5.74, 6) is -3.00. The van der Waals surface area contributed by atoms with Crippen molar-refractivity contribution in [2.24, 2.45) is 16.5 Å². The lowest BCUT2D eigenvalue weighted by Crippen LogP contribution is -2.48. The topological polar surface area (TPSA) is 218 Å². The molecule has 13 nitrogen and oxygen atoms in total. The SMILES string of the molecule is NC(N)=NCCCC(NC(=O)c1cc2ccccc2s1)C(=O)NCCCCC(NC(=O)C1=Cc2ccccc2C1)C(=O)NCC(=O)O. The number of rotatable bonds is 17. The summed E-state index contributed by atoms with van der Waals surface area (Å²) in [5, 5.41) is 20.7. The molecule has 0 radical (unpaired) electrons. The highest BCUT2D eigenvalue weighted by atomic mass is 32.1. The Hall–Kier alpha value is -5.24. The van der Waals surface area contributed by atoms with Crippen molar-refractivity contribution in [1.82, 2.24) is 21.3 Å². The zero-order chi connectivity index (χ0) is 33.8. The first kappa shape index (κ1) is 34.6. The minimum absolute atomic E-state index is 0.0588. The van der Waals surface area contributed by atoms with Crippen molar-refractivity contribution in [2.75, 3.05) is 19.6 Å². The summed E-state index contributed by atoms with van der Waals surface area (Å²) < 4.78 is 0.961. The third-order valence-corrected chi connectivity index (χ3v) is 8.64. The third-order valence-electron chi connectivity index (χ3n) is 7.53. The van der Waals surface area contributed by atoms with Gasteiger partial charge < -0.3 is 37.8 Å². The third kappa shape index (κ3) is 10.4. The average molecular weight is 662 g/mol. The van der Waals surface area contributed by atoms with Gasteiger partial charge in [0.05, 0.1) is 4.88 Å². The molecule has 47 heavy (non-hydrogen) atoms. The Bertz CT molecular complexity index is 1650. The van der Waals surface area contributed by atoms with Crippen molar-refractivity contribution in [3.05, 3.63) is 76.2 Å². The molecule has 3 aromatic rings. The fourth-order valence-corrected chi connectivity index (χ4v) is 6.10. The number of guanidine groups is 1. The van der Waals surface area contributed by atoms with Crippen LogP contribution in [-0.2, 0) is 25.6 Å². The van der Waals surface area contributed by atoms with Gasteiger partial charge in [-0.05, 0) is 66.8 Å². The number of aliphatic imine (C=N–C) groups is 1. The highest BCUT2D eigenvalue weighted by Crippen LogP contribution is 2.26. The van der Waals surface area contributed by atoms with Crippen LogP contribution in [0.4, 0.5) is 0 Å². The van der Waals surface area contributed by atoms with Crippen LogP contribution in [0.15, 0.2) is 65.2 Å². The van der Waals surface area contributed by atoms with Crippen LogP contribution in [0.3, 0.4) is 0 Å². The van der Waals surface area contributed by atoms with E-state index in [4.69, 9.17) is 16.6 Å². The van der Waals surface area contributed by atoms with Crippen LogP contribution in [0.25, 0.3) is 16.2 Å². The molecule has 1 aliphatic rings. The number of hydrogen-bond acceptors (Lipinski definition) is 7. The number of thiophene rings is 1. The zero-order valence-corrected chi connectivity index (χ0v) is 26.6. The van der Waals surface area contributed by atoms with Crippen molar-refractivity contribution >= 4 is 63.1 Å². The van der Waals surface area contributed by atoms with Crippen LogP contribution >= 0.6 is 11.3 Å². The molecule has 248 valence electrons. The number of aliphatic carboxylic acids is 1. The molecule has 4 amide bonds. The Balaban J connectivity index is 1.30. The number of nitrogens with one attached hydrogen (secondary N) is 4. The van der Waals surface area contributed by atoms with Crippen molar-refractivity contribution in [3.8, 4) is 0 Å². The number of nitrogens with zero attached hydrogens (tertiary/aromatic N) is 1. The van der Waals surface area contributed by atoms with Gasteiger partial charge in [0.2, 0.25) is 17.7 Å². The quantitative estimate of drug-likeness (QED) is 0.0640. The molecule has 0 aliphatic heterocycles. The molecule has 1 aliphatic carbocycles. The van der Waals surface area contributed by atoms with E-state index in [1.165, 1.54) is 11.3 Å². The Kier molecular flexibility index (Phi) is 12.4. The maximum atomic E-state index is 13.2. The summed E-state index contributed by atoms with van der Waals surface area (Å²) in [6, 6.07) is 15.2. The molecule has 2 aromatic carbocycles. The summed E-state index contributed by atoms with van der Waals surface area (Å²) in [6.45, 7) is -0.0298. The number of unbranched alkanes of at least 4 members (excludes halogenated alkanes) is 1. The van der Waals surface area contributed by atoms with E-state index in [1.54, 1.807) is 12.1 Å². The molecule has 1 aromatic heterocycles. The van der Waals surface area contributed by atoms with Crippen LogP contribution < -0.4 is 32.7 Å². The summed E-state index contributed by atoms with van der Waals surface area (Å²) in [6.07, 6.45) is 4.09. The standard InChI is InChI=1S/C33H39N7O6S/c34-33(35)37-15-7-12-25(40-32(46)27-18-22-10-3-4-13-26(22)47-27)30(44)36-14-6-5-11-24(31(45)38-19-28(41)42)39-29(43)23-16-20-8-1-2-9-21(20)17-23/h1-4,8-10,13,16,18,24-25H,5-7,11-12,14-15,17,19H2,(H,36,44)(H,38,45)(H,39,43)(H,40,46)(H,41,42)(H4,34,35,37). The molecule has 0 bridgehead atoms. The molecular formula is C33H39N7O6S. The first-order valence-electron chi connectivity index (χ1n) is 15.3. The number of carboxylic acids is 1. The highest BCUT2D eigenvalue weighted by Gasteiger charge is 2.26. The van der Waals surface area contributed by atoms with E-state index in [-0.39, 0.29) is 30.7 Å². The predicted octanol–water partition coefficient (Wildman–Crippen LogP) is 1.67. The Morgan fingerprint density at radius 2 is 1.53 bits per heavy atom. The van der Waals surface area contributed by atoms with E-state index in [2.05, 4.69) is 26.3 Å². The van der Waals surface area contributed by atoms with Crippen LogP contribution in [0.5, 0.6) is 0 Å². The number of fused-ring (bicyclic) bond motifs is 2. The maximum Gasteiger partial charge on any atom is 0.322 e. The lowest BCUT2D eigenvalue weighted by atomic mass is 10.1. The molecule has 0 saturated carbocycles. The molecule has 14 heteroatoms. The molecule has 1 heterocycles. The molecule has 4 rings (SSSR count). The van der Waals surface area contributed by atoms with Gasteiger partial charge in [0.1, 0.15) is 18.6 Å².